The van der Waals surface area contributed by atoms with E-state index >= 15 is 0 Å². The number of hydrogen-bond donors (Lipinski definition) is 1. The fraction of sp³-hybridized carbons (Fsp3) is 0.200. The van der Waals surface area contributed by atoms with E-state index in [4.69, 9.17) is 11.6 Å². The number of aromatic nitrogens is 1. The van der Waals surface area contributed by atoms with Crippen LogP contribution < -0.4 is 10.2 Å². The molecule has 2 aromatic heterocycles. The lowest BCUT2D eigenvalue weighted by molar-refractivity contribution is -0.126. The Bertz CT molecular complexity index is 1340. The third kappa shape index (κ3) is 3.31. The summed E-state index contributed by atoms with van der Waals surface area (Å²) in [7, 11) is 0. The quantitative estimate of drug-likeness (QED) is 0.440. The number of nitrogens with one attached hydrogen (secondary N) is 1. The number of carbonyl (C=O) groups excluding carboxylic acids is 2. The van der Waals surface area contributed by atoms with Gasteiger partial charge in [0.15, 0.2) is 0 Å². The molecule has 32 heavy (non-hydrogen) atoms. The predicted octanol–water partition coefficient (Wildman–Crippen LogP) is 5.40. The summed E-state index contributed by atoms with van der Waals surface area (Å²) in [6.07, 6.45) is 0. The second-order valence-corrected chi connectivity index (χ2v) is 9.61. The van der Waals surface area contributed by atoms with Crippen molar-refractivity contribution in [2.45, 2.75) is 32.5 Å². The molecule has 2 amide bonds. The summed E-state index contributed by atoms with van der Waals surface area (Å²) in [5.74, 6) is -0.424. The maximum Gasteiger partial charge on any atom is 0.275 e. The molecule has 0 saturated carbocycles. The summed E-state index contributed by atoms with van der Waals surface area (Å²) in [4.78, 5) is 30.0. The van der Waals surface area contributed by atoms with Gasteiger partial charge in [-0.1, -0.05) is 48.0 Å². The fourth-order valence-corrected chi connectivity index (χ4v) is 5.36. The van der Waals surface area contributed by atoms with Crippen molar-refractivity contribution < 1.29 is 9.59 Å². The number of halogens is 1. The van der Waals surface area contributed by atoms with Crippen LogP contribution in [0.3, 0.4) is 0 Å². The molecule has 7 heteroatoms. The molecule has 1 N–H and O–H groups in total. The minimum absolute atomic E-state index is 0.211. The van der Waals surface area contributed by atoms with E-state index < -0.39 is 5.54 Å². The number of benzene rings is 2. The molecule has 5 nitrogen and oxygen atoms in total. The number of rotatable bonds is 4. The van der Waals surface area contributed by atoms with Crippen LogP contribution in [0.15, 0.2) is 66.0 Å². The van der Waals surface area contributed by atoms with Crippen LogP contribution in [0.25, 0.3) is 10.2 Å². The molecule has 0 spiro atoms. The predicted molar refractivity (Wildman–Crippen MR) is 130 cm³/mol. The molecule has 0 bridgehead atoms. The van der Waals surface area contributed by atoms with Gasteiger partial charge in [-0.2, -0.15) is 0 Å². The second-order valence-electron chi connectivity index (χ2n) is 8.31. The minimum atomic E-state index is -1.13. The number of amides is 2. The fourth-order valence-electron chi connectivity index (χ4n) is 4.29. The van der Waals surface area contributed by atoms with Gasteiger partial charge in [-0.05, 0) is 54.6 Å². The van der Waals surface area contributed by atoms with Gasteiger partial charge < -0.3 is 9.88 Å². The lowest BCUT2D eigenvalue weighted by Crippen LogP contribution is -2.64. The zero-order valence-corrected chi connectivity index (χ0v) is 19.3. The molecular weight excluding hydrogens is 442 g/mol. The highest BCUT2D eigenvalue weighted by Crippen LogP contribution is 2.38. The number of carbonyl (C=O) groups is 2. The maximum absolute atomic E-state index is 13.8. The van der Waals surface area contributed by atoms with Gasteiger partial charge in [-0.3, -0.25) is 14.5 Å². The van der Waals surface area contributed by atoms with Gasteiger partial charge in [-0.15, -0.1) is 11.3 Å². The summed E-state index contributed by atoms with van der Waals surface area (Å²) >= 11 is 7.97. The summed E-state index contributed by atoms with van der Waals surface area (Å²) < 4.78 is 1.97. The lowest BCUT2D eigenvalue weighted by atomic mass is 9.93. The van der Waals surface area contributed by atoms with Crippen molar-refractivity contribution in [3.63, 3.8) is 0 Å². The Balaban J connectivity index is 1.59. The first kappa shape index (κ1) is 20.8. The molecule has 4 aromatic rings. The Labute approximate surface area is 195 Å². The maximum atomic E-state index is 13.8. The third-order valence-corrected chi connectivity index (χ3v) is 7.44. The van der Waals surface area contributed by atoms with Gasteiger partial charge in [0.1, 0.15) is 16.1 Å². The molecule has 2 aromatic carbocycles. The van der Waals surface area contributed by atoms with Gasteiger partial charge in [-0.25, -0.2) is 0 Å². The summed E-state index contributed by atoms with van der Waals surface area (Å²) in [6.45, 7) is 4.47. The smallest absolute Gasteiger partial charge is 0.275 e. The first-order chi connectivity index (χ1) is 15.4. The van der Waals surface area contributed by atoms with Gasteiger partial charge in [0.25, 0.3) is 5.91 Å². The largest absolute Gasteiger partial charge is 0.350 e. The molecule has 1 aliphatic rings. The molecule has 162 valence electrons. The SMILES string of the molecule is Cc1ccc(N2C(=O)c3cc4ccsc4n3C[C@@]2(C)C(=O)NCc2ccccc2)cc1Cl. The normalized spacial score (nSPS) is 18.1. The number of fused-ring (bicyclic) bond motifs is 3. The van der Waals surface area contributed by atoms with Gasteiger partial charge >= 0.3 is 0 Å². The number of anilines is 1. The van der Waals surface area contributed by atoms with Crippen molar-refractivity contribution in [1.29, 1.82) is 0 Å². The molecule has 1 atom stereocenters. The van der Waals surface area contributed by atoms with Gasteiger partial charge in [0.2, 0.25) is 5.91 Å². The zero-order chi connectivity index (χ0) is 22.5. The van der Waals surface area contributed by atoms with Crippen LogP contribution in [0.1, 0.15) is 28.5 Å². The Hall–Kier alpha value is -3.09. The molecule has 5 rings (SSSR count). The highest BCUT2D eigenvalue weighted by atomic mass is 35.5. The van der Waals surface area contributed by atoms with Crippen LogP contribution in [0.5, 0.6) is 0 Å². The first-order valence-corrected chi connectivity index (χ1v) is 11.6. The number of thiophene rings is 1. The molecule has 1 aliphatic heterocycles. The molecule has 0 saturated heterocycles. The highest BCUT2D eigenvalue weighted by molar-refractivity contribution is 7.16. The number of aryl methyl sites for hydroxylation is 1. The van der Waals surface area contributed by atoms with E-state index in [0.717, 1.165) is 21.3 Å². The highest BCUT2D eigenvalue weighted by Gasteiger charge is 2.48. The Morgan fingerprint density at radius 1 is 1.16 bits per heavy atom. The molecular formula is C25H22ClN3O2S. The Morgan fingerprint density at radius 3 is 2.69 bits per heavy atom. The molecule has 0 aliphatic carbocycles. The number of hydrogen-bond acceptors (Lipinski definition) is 3. The van der Waals surface area contributed by atoms with Crippen molar-refractivity contribution in [2.75, 3.05) is 4.90 Å². The van der Waals surface area contributed by atoms with E-state index in [-0.39, 0.29) is 11.8 Å². The number of nitrogens with zero attached hydrogens (tertiary/aromatic N) is 2. The molecule has 3 heterocycles. The van der Waals surface area contributed by atoms with Crippen molar-refractivity contribution in [3.8, 4) is 0 Å². The van der Waals surface area contributed by atoms with Crippen molar-refractivity contribution in [1.82, 2.24) is 9.88 Å². The van der Waals surface area contributed by atoms with E-state index in [2.05, 4.69) is 5.32 Å². The van der Waals surface area contributed by atoms with Crippen molar-refractivity contribution >= 4 is 50.7 Å². The molecule has 0 unspecified atom stereocenters. The van der Waals surface area contributed by atoms with Crippen LogP contribution in [0.4, 0.5) is 5.69 Å². The van der Waals surface area contributed by atoms with Crippen LogP contribution in [0, 0.1) is 6.92 Å². The molecule has 0 radical (unpaired) electrons. The van der Waals surface area contributed by atoms with E-state index in [9.17, 15) is 9.59 Å². The van der Waals surface area contributed by atoms with Crippen molar-refractivity contribution in [2.24, 2.45) is 0 Å². The standard InChI is InChI=1S/C25H22ClN3O2S/c1-16-8-9-19(13-20(16)26)29-22(30)21-12-18-10-11-32-23(18)28(21)15-25(29,2)24(31)27-14-17-6-4-3-5-7-17/h3-13H,14-15H2,1-2H3,(H,27,31)/t25-/m0/s1. The summed E-state index contributed by atoms with van der Waals surface area (Å²) in [5.41, 5.74) is 1.97. The topological polar surface area (TPSA) is 54.3 Å². The summed E-state index contributed by atoms with van der Waals surface area (Å²) in [6, 6.07) is 19.1. The van der Waals surface area contributed by atoms with Crippen LogP contribution in [-0.2, 0) is 17.9 Å². The average Bonchev–Trinajstić information content (AvgIpc) is 3.38. The van der Waals surface area contributed by atoms with Gasteiger partial charge in [0.05, 0.1) is 6.54 Å². The lowest BCUT2D eigenvalue weighted by Gasteiger charge is -2.44. The van der Waals surface area contributed by atoms with Crippen LogP contribution in [0.2, 0.25) is 5.02 Å². The monoisotopic (exact) mass is 463 g/mol. The minimum Gasteiger partial charge on any atom is -0.350 e. The first-order valence-electron chi connectivity index (χ1n) is 10.4. The van der Waals surface area contributed by atoms with Crippen molar-refractivity contribution in [3.05, 3.63) is 87.9 Å². The van der Waals surface area contributed by atoms with E-state index in [1.165, 1.54) is 0 Å². The Kier molecular flexibility index (Phi) is 5.07. The zero-order valence-electron chi connectivity index (χ0n) is 17.8. The second kappa shape index (κ2) is 7.80. The van der Waals surface area contributed by atoms with E-state index in [1.54, 1.807) is 22.3 Å². The van der Waals surface area contributed by atoms with E-state index in [0.29, 0.717) is 29.5 Å². The average molecular weight is 464 g/mol. The third-order valence-electron chi connectivity index (χ3n) is 6.08. The van der Waals surface area contributed by atoms with Crippen LogP contribution >= 0.6 is 22.9 Å². The van der Waals surface area contributed by atoms with Gasteiger partial charge in [0, 0.05) is 22.6 Å². The van der Waals surface area contributed by atoms with E-state index in [1.807, 2.05) is 78.4 Å². The molecule has 0 fully saturated rings. The summed E-state index contributed by atoms with van der Waals surface area (Å²) in [5, 5.41) is 6.61. The Morgan fingerprint density at radius 2 is 1.94 bits per heavy atom. The van der Waals surface area contributed by atoms with Crippen LogP contribution in [-0.4, -0.2) is 21.9 Å².